The first-order valence-electron chi connectivity index (χ1n) is 4.72. The molecule has 0 heterocycles. The molecule has 0 radical (unpaired) electrons. The van der Waals surface area contributed by atoms with E-state index in [0.717, 1.165) is 12.1 Å². The van der Waals surface area contributed by atoms with Crippen LogP contribution in [0.5, 0.6) is 5.75 Å². The van der Waals surface area contributed by atoms with Crippen LogP contribution in [0.4, 0.5) is 8.78 Å². The van der Waals surface area contributed by atoms with Crippen LogP contribution in [0.1, 0.15) is 36.2 Å². The van der Waals surface area contributed by atoms with E-state index in [9.17, 15) is 13.6 Å². The fourth-order valence-electron chi connectivity index (χ4n) is 1.29. The number of benzene rings is 1. The fourth-order valence-corrected chi connectivity index (χ4v) is 1.58. The van der Waals surface area contributed by atoms with Crippen molar-refractivity contribution in [3.63, 3.8) is 0 Å². The van der Waals surface area contributed by atoms with Crippen LogP contribution >= 0.6 is 11.6 Å². The van der Waals surface area contributed by atoms with Crippen LogP contribution in [0, 0.1) is 0 Å². The van der Waals surface area contributed by atoms with Crippen LogP contribution in [0.2, 0.25) is 5.02 Å². The van der Waals surface area contributed by atoms with E-state index in [-0.39, 0.29) is 27.7 Å². The highest BCUT2D eigenvalue weighted by atomic mass is 35.5. The third-order valence-corrected chi connectivity index (χ3v) is 2.27. The Morgan fingerprint density at radius 1 is 1.50 bits per heavy atom. The average molecular weight is 249 g/mol. The van der Waals surface area contributed by atoms with Crippen LogP contribution in [0.25, 0.3) is 0 Å². The highest BCUT2D eigenvalue weighted by Crippen LogP contribution is 2.34. The molecule has 0 unspecified atom stereocenters. The molecule has 0 bridgehead atoms. The zero-order chi connectivity index (χ0) is 12.3. The summed E-state index contributed by atoms with van der Waals surface area (Å²) in [6.45, 7) is 3.32. The first-order chi connectivity index (χ1) is 7.47. The normalized spacial score (nSPS) is 10.6. The number of carbonyl (C=O) groups is 1. The van der Waals surface area contributed by atoms with Gasteiger partial charge in [-0.25, -0.2) is 8.78 Å². The van der Waals surface area contributed by atoms with Gasteiger partial charge in [-0.1, -0.05) is 11.6 Å². The van der Waals surface area contributed by atoms with Crippen LogP contribution in [-0.2, 0) is 0 Å². The second-order valence-corrected chi connectivity index (χ2v) is 3.58. The number of halogens is 3. The molecular weight excluding hydrogens is 238 g/mol. The molecule has 88 valence electrons. The molecule has 2 nitrogen and oxygen atoms in total. The topological polar surface area (TPSA) is 26.3 Å². The Kier molecular flexibility index (Phi) is 4.24. The largest absolute Gasteiger partial charge is 0.492 e. The number of hydrogen-bond acceptors (Lipinski definition) is 2. The molecule has 0 saturated carbocycles. The molecule has 0 fully saturated rings. The van der Waals surface area contributed by atoms with Crippen LogP contribution in [-0.4, -0.2) is 12.4 Å². The van der Waals surface area contributed by atoms with E-state index in [2.05, 4.69) is 0 Å². The predicted octanol–water partition coefficient (Wildman–Crippen LogP) is 3.88. The number of ether oxygens (including phenoxy) is 1. The molecule has 0 N–H and O–H groups in total. The lowest BCUT2D eigenvalue weighted by molar-refractivity contribution is 0.101. The van der Waals surface area contributed by atoms with Crippen molar-refractivity contribution in [3.05, 3.63) is 28.3 Å². The van der Waals surface area contributed by atoms with Gasteiger partial charge in [0.25, 0.3) is 6.43 Å². The van der Waals surface area contributed by atoms with E-state index in [1.165, 1.54) is 6.92 Å². The molecule has 0 aliphatic rings. The van der Waals surface area contributed by atoms with E-state index >= 15 is 0 Å². The first kappa shape index (κ1) is 12.9. The van der Waals surface area contributed by atoms with Crippen LogP contribution < -0.4 is 4.74 Å². The van der Waals surface area contributed by atoms with Crippen molar-refractivity contribution in [1.29, 1.82) is 0 Å². The molecule has 1 rings (SSSR count). The highest BCUT2D eigenvalue weighted by Gasteiger charge is 2.18. The summed E-state index contributed by atoms with van der Waals surface area (Å²) in [5, 5.41) is 0.0323. The summed E-state index contributed by atoms with van der Waals surface area (Å²) >= 11 is 5.79. The summed E-state index contributed by atoms with van der Waals surface area (Å²) in [5.41, 5.74) is -0.191. The van der Waals surface area contributed by atoms with Crippen LogP contribution in [0.3, 0.4) is 0 Å². The Morgan fingerprint density at radius 2 is 2.12 bits per heavy atom. The predicted molar refractivity (Wildman–Crippen MR) is 57.6 cm³/mol. The van der Waals surface area contributed by atoms with Gasteiger partial charge in [-0.2, -0.15) is 0 Å². The van der Waals surface area contributed by atoms with Crippen LogP contribution in [0.15, 0.2) is 12.1 Å². The van der Waals surface area contributed by atoms with Crippen molar-refractivity contribution in [3.8, 4) is 5.75 Å². The average Bonchev–Trinajstić information content (AvgIpc) is 2.20. The zero-order valence-corrected chi connectivity index (χ0v) is 9.65. The Bertz CT molecular complexity index is 405. The molecular formula is C11H11ClF2O2. The standard InChI is InChI=1S/C11H11ClF2O2/c1-3-16-10-8(6(2)15)4-7(11(13)14)5-9(10)12/h4-5,11H,3H2,1-2H3. The second kappa shape index (κ2) is 5.25. The molecule has 0 aliphatic heterocycles. The first-order valence-corrected chi connectivity index (χ1v) is 5.10. The third kappa shape index (κ3) is 2.70. The Labute approximate surface area is 97.2 Å². The molecule has 1 aromatic rings. The van der Waals surface area contributed by atoms with Gasteiger partial charge in [0.05, 0.1) is 17.2 Å². The minimum atomic E-state index is -2.66. The Morgan fingerprint density at radius 3 is 2.56 bits per heavy atom. The fraction of sp³-hybridized carbons (Fsp3) is 0.364. The summed E-state index contributed by atoms with van der Waals surface area (Å²) in [5.74, 6) is -0.186. The molecule has 1 aromatic carbocycles. The number of hydrogen-bond donors (Lipinski definition) is 0. The lowest BCUT2D eigenvalue weighted by atomic mass is 10.1. The maximum atomic E-state index is 12.5. The van der Waals surface area contributed by atoms with E-state index < -0.39 is 6.43 Å². The summed E-state index contributed by atoms with van der Waals surface area (Å²) in [6.07, 6.45) is -2.66. The molecule has 0 saturated heterocycles. The van der Waals surface area contributed by atoms with Crippen molar-refractivity contribution in [2.24, 2.45) is 0 Å². The Hall–Kier alpha value is -1.16. The van der Waals surface area contributed by atoms with E-state index in [1.807, 2.05) is 0 Å². The minimum Gasteiger partial charge on any atom is -0.492 e. The lowest BCUT2D eigenvalue weighted by Crippen LogP contribution is -2.03. The third-order valence-electron chi connectivity index (χ3n) is 1.99. The van der Waals surface area contributed by atoms with Gasteiger partial charge in [-0.3, -0.25) is 4.79 Å². The smallest absolute Gasteiger partial charge is 0.263 e. The van der Waals surface area contributed by atoms with Gasteiger partial charge in [0.2, 0.25) is 0 Å². The van der Waals surface area contributed by atoms with Gasteiger partial charge in [0, 0.05) is 5.56 Å². The maximum absolute atomic E-state index is 12.5. The summed E-state index contributed by atoms with van der Waals surface area (Å²) in [6, 6.07) is 2.23. The molecule has 0 aliphatic carbocycles. The second-order valence-electron chi connectivity index (χ2n) is 3.17. The van der Waals surface area contributed by atoms with Gasteiger partial charge in [-0.05, 0) is 26.0 Å². The summed E-state index contributed by atoms with van der Waals surface area (Å²) < 4.78 is 30.2. The van der Waals surface area contributed by atoms with Gasteiger partial charge in [0.15, 0.2) is 5.78 Å². The van der Waals surface area contributed by atoms with Crippen molar-refractivity contribution in [2.45, 2.75) is 20.3 Å². The monoisotopic (exact) mass is 248 g/mol. The van der Waals surface area contributed by atoms with Gasteiger partial charge in [0.1, 0.15) is 5.75 Å². The van der Waals surface area contributed by atoms with Crippen molar-refractivity contribution < 1.29 is 18.3 Å². The number of Topliss-reactive ketones (excluding diaryl/α,β-unsaturated/α-hetero) is 1. The van der Waals surface area contributed by atoms with Crippen molar-refractivity contribution >= 4 is 17.4 Å². The molecule has 0 spiro atoms. The number of alkyl halides is 2. The van der Waals surface area contributed by atoms with Gasteiger partial charge < -0.3 is 4.74 Å². The zero-order valence-electron chi connectivity index (χ0n) is 8.89. The SMILES string of the molecule is CCOc1c(Cl)cc(C(F)F)cc1C(C)=O. The highest BCUT2D eigenvalue weighted by molar-refractivity contribution is 6.32. The number of carbonyl (C=O) groups excluding carboxylic acids is 1. The van der Waals surface area contributed by atoms with Gasteiger partial charge in [-0.15, -0.1) is 0 Å². The summed E-state index contributed by atoms with van der Waals surface area (Å²) in [4.78, 5) is 11.3. The van der Waals surface area contributed by atoms with E-state index in [0.29, 0.717) is 6.61 Å². The molecule has 5 heteroatoms. The minimum absolute atomic E-state index is 0.0323. The van der Waals surface area contributed by atoms with Crippen molar-refractivity contribution in [2.75, 3.05) is 6.61 Å². The maximum Gasteiger partial charge on any atom is 0.263 e. The van der Waals surface area contributed by atoms with E-state index in [4.69, 9.17) is 16.3 Å². The molecule has 0 amide bonds. The van der Waals surface area contributed by atoms with Gasteiger partial charge >= 0.3 is 0 Å². The molecule has 16 heavy (non-hydrogen) atoms. The molecule has 0 aromatic heterocycles. The summed E-state index contributed by atoms with van der Waals surface area (Å²) in [7, 11) is 0. The number of rotatable bonds is 4. The molecule has 0 atom stereocenters. The van der Waals surface area contributed by atoms with E-state index in [1.54, 1.807) is 6.92 Å². The lowest BCUT2D eigenvalue weighted by Gasteiger charge is -2.12. The quantitative estimate of drug-likeness (QED) is 0.756. The Balaban J connectivity index is 3.33. The number of ketones is 1. The van der Waals surface area contributed by atoms with Crippen molar-refractivity contribution in [1.82, 2.24) is 0 Å².